The lowest BCUT2D eigenvalue weighted by Gasteiger charge is -2.28. The van der Waals surface area contributed by atoms with E-state index in [1.54, 1.807) is 6.07 Å². The van der Waals surface area contributed by atoms with E-state index in [2.05, 4.69) is 17.1 Å². The highest BCUT2D eigenvalue weighted by Gasteiger charge is 2.30. The summed E-state index contributed by atoms with van der Waals surface area (Å²) in [4.78, 5) is 26.5. The minimum absolute atomic E-state index is 0.143. The predicted molar refractivity (Wildman–Crippen MR) is 109 cm³/mol. The maximum absolute atomic E-state index is 15.0. The lowest BCUT2D eigenvalue weighted by Crippen LogP contribution is -2.38. The molecule has 1 fully saturated rings. The number of hydrogen-bond donors (Lipinski definition) is 2. The highest BCUT2D eigenvalue weighted by Crippen LogP contribution is 2.35. The Kier molecular flexibility index (Phi) is 5.33. The quantitative estimate of drug-likeness (QED) is 0.720. The predicted octanol–water partition coefficient (Wildman–Crippen LogP) is 2.91. The van der Waals surface area contributed by atoms with Crippen molar-refractivity contribution in [2.75, 3.05) is 30.3 Å². The molecular weight excluding hydrogens is 381 g/mol. The van der Waals surface area contributed by atoms with E-state index in [0.717, 1.165) is 38.9 Å². The molecule has 1 aromatic carbocycles. The summed E-state index contributed by atoms with van der Waals surface area (Å²) in [6, 6.07) is 3.19. The van der Waals surface area contributed by atoms with Gasteiger partial charge in [-0.1, -0.05) is 6.92 Å². The number of carboxylic acids is 1. The number of nitrogens with zero attached hydrogens (tertiary/aromatic N) is 2. The van der Waals surface area contributed by atoms with Gasteiger partial charge in [-0.05, 0) is 37.9 Å². The molecule has 0 bridgehead atoms. The summed E-state index contributed by atoms with van der Waals surface area (Å²) in [6.45, 7) is 5.24. The van der Waals surface area contributed by atoms with Crippen LogP contribution in [-0.4, -0.2) is 47.1 Å². The highest BCUT2D eigenvalue weighted by atomic mass is 32.2. The SMILES string of the molecule is CCCNCC1CCCN1c1cc2c(cc1F)c(=O)c(C(=O)O)c1n2CCS1. The van der Waals surface area contributed by atoms with Gasteiger partial charge in [-0.15, -0.1) is 11.8 Å². The van der Waals surface area contributed by atoms with E-state index < -0.39 is 17.2 Å². The van der Waals surface area contributed by atoms with E-state index >= 15 is 4.39 Å². The average molecular weight is 405 g/mol. The highest BCUT2D eigenvalue weighted by molar-refractivity contribution is 7.99. The number of thioether (sulfide) groups is 1. The van der Waals surface area contributed by atoms with Crippen molar-refractivity contribution in [3.8, 4) is 0 Å². The van der Waals surface area contributed by atoms with Crippen LogP contribution in [0.5, 0.6) is 0 Å². The van der Waals surface area contributed by atoms with Crippen molar-refractivity contribution in [2.45, 2.75) is 43.8 Å². The number of aromatic carboxylic acids is 1. The Morgan fingerprint density at radius 2 is 2.21 bits per heavy atom. The van der Waals surface area contributed by atoms with E-state index in [0.29, 0.717) is 28.5 Å². The van der Waals surface area contributed by atoms with Crippen molar-refractivity contribution in [3.63, 3.8) is 0 Å². The molecule has 2 aromatic rings. The van der Waals surface area contributed by atoms with Gasteiger partial charge in [-0.25, -0.2) is 9.18 Å². The van der Waals surface area contributed by atoms with Gasteiger partial charge < -0.3 is 19.9 Å². The maximum atomic E-state index is 15.0. The number of carboxylic acid groups (broad SMARTS) is 1. The van der Waals surface area contributed by atoms with Crippen molar-refractivity contribution >= 4 is 34.3 Å². The zero-order valence-corrected chi connectivity index (χ0v) is 16.6. The van der Waals surface area contributed by atoms with Gasteiger partial charge in [0.1, 0.15) is 11.4 Å². The molecule has 0 amide bonds. The molecule has 1 atom stereocenters. The molecule has 0 saturated carbocycles. The van der Waals surface area contributed by atoms with Crippen molar-refractivity contribution in [2.24, 2.45) is 0 Å². The van der Waals surface area contributed by atoms with Crippen LogP contribution in [0, 0.1) is 5.82 Å². The van der Waals surface area contributed by atoms with Crippen LogP contribution >= 0.6 is 11.8 Å². The molecule has 2 aliphatic heterocycles. The second-order valence-electron chi connectivity index (χ2n) is 7.33. The molecule has 6 nitrogen and oxygen atoms in total. The fraction of sp³-hybridized carbons (Fsp3) is 0.500. The summed E-state index contributed by atoms with van der Waals surface area (Å²) < 4.78 is 16.9. The molecule has 0 spiro atoms. The van der Waals surface area contributed by atoms with Crippen LogP contribution in [0.15, 0.2) is 22.0 Å². The molecule has 0 radical (unpaired) electrons. The van der Waals surface area contributed by atoms with Crippen LogP contribution in [0.3, 0.4) is 0 Å². The summed E-state index contributed by atoms with van der Waals surface area (Å²) in [5.74, 6) is -1.01. The number of fused-ring (bicyclic) bond motifs is 3. The van der Waals surface area contributed by atoms with Gasteiger partial charge in [0.25, 0.3) is 0 Å². The minimum atomic E-state index is -1.25. The number of carbonyl (C=O) groups is 1. The van der Waals surface area contributed by atoms with Gasteiger partial charge in [-0.3, -0.25) is 4.79 Å². The summed E-state index contributed by atoms with van der Waals surface area (Å²) in [6.07, 6.45) is 3.05. The second-order valence-corrected chi connectivity index (χ2v) is 8.41. The number of aromatic nitrogens is 1. The Morgan fingerprint density at radius 1 is 1.39 bits per heavy atom. The molecule has 4 rings (SSSR count). The summed E-state index contributed by atoms with van der Waals surface area (Å²) in [5, 5.41) is 13.5. The normalized spacial score (nSPS) is 18.8. The van der Waals surface area contributed by atoms with E-state index in [-0.39, 0.29) is 17.0 Å². The Balaban J connectivity index is 1.82. The number of hydrogen-bond acceptors (Lipinski definition) is 5. The number of pyridine rings is 1. The van der Waals surface area contributed by atoms with Gasteiger partial charge in [0.2, 0.25) is 5.43 Å². The van der Waals surface area contributed by atoms with Crippen LogP contribution < -0.4 is 15.6 Å². The third-order valence-corrected chi connectivity index (χ3v) is 6.63. The molecule has 28 heavy (non-hydrogen) atoms. The van der Waals surface area contributed by atoms with E-state index in [1.165, 1.54) is 17.8 Å². The van der Waals surface area contributed by atoms with Crippen molar-refractivity contribution in [1.29, 1.82) is 0 Å². The third kappa shape index (κ3) is 3.18. The molecule has 3 heterocycles. The number of anilines is 1. The van der Waals surface area contributed by atoms with Gasteiger partial charge in [0, 0.05) is 36.8 Å². The first kappa shape index (κ1) is 19.3. The first-order chi connectivity index (χ1) is 13.5. The van der Waals surface area contributed by atoms with Crippen LogP contribution in [0.1, 0.15) is 36.5 Å². The van der Waals surface area contributed by atoms with Crippen molar-refractivity contribution in [3.05, 3.63) is 33.7 Å². The molecule has 1 saturated heterocycles. The standard InChI is InChI=1S/C20H24FN3O3S/c1-2-5-22-11-12-4-3-6-23(12)16-10-15-13(9-14(16)21)18(25)17(20(26)27)19-24(15)7-8-28-19/h9-10,12,22H,2-8,11H2,1H3,(H,26,27). The Bertz CT molecular complexity index is 991. The summed E-state index contributed by atoms with van der Waals surface area (Å²) >= 11 is 1.37. The lowest BCUT2D eigenvalue weighted by atomic mass is 10.1. The molecule has 2 aliphatic rings. The molecule has 2 N–H and O–H groups in total. The zero-order chi connectivity index (χ0) is 19.8. The fourth-order valence-electron chi connectivity index (χ4n) is 4.26. The third-order valence-electron chi connectivity index (χ3n) is 5.55. The van der Waals surface area contributed by atoms with Gasteiger partial charge >= 0.3 is 5.97 Å². The van der Waals surface area contributed by atoms with Gasteiger partial charge in [-0.2, -0.15) is 0 Å². The summed E-state index contributed by atoms with van der Waals surface area (Å²) in [5.41, 5.74) is 0.280. The van der Waals surface area contributed by atoms with Crippen LogP contribution in [-0.2, 0) is 6.54 Å². The maximum Gasteiger partial charge on any atom is 0.342 e. The van der Waals surface area contributed by atoms with E-state index in [4.69, 9.17) is 0 Å². The van der Waals surface area contributed by atoms with Gasteiger partial charge in [0.15, 0.2) is 0 Å². The molecule has 1 unspecified atom stereocenters. The minimum Gasteiger partial charge on any atom is -0.477 e. The molecule has 1 aromatic heterocycles. The number of halogens is 1. The van der Waals surface area contributed by atoms with Crippen molar-refractivity contribution < 1.29 is 14.3 Å². The Morgan fingerprint density at radius 3 is 2.96 bits per heavy atom. The first-order valence-electron chi connectivity index (χ1n) is 9.76. The average Bonchev–Trinajstić information content (AvgIpc) is 3.31. The number of aryl methyl sites for hydroxylation is 1. The van der Waals surface area contributed by atoms with E-state index in [1.807, 2.05) is 4.57 Å². The van der Waals surface area contributed by atoms with Crippen molar-refractivity contribution in [1.82, 2.24) is 9.88 Å². The smallest absolute Gasteiger partial charge is 0.342 e. The molecular formula is C20H24FN3O3S. The number of rotatable bonds is 6. The Hall–Kier alpha value is -2.06. The Labute approximate surface area is 166 Å². The fourth-order valence-corrected chi connectivity index (χ4v) is 5.39. The number of benzene rings is 1. The van der Waals surface area contributed by atoms with Crippen LogP contribution in [0.25, 0.3) is 10.9 Å². The van der Waals surface area contributed by atoms with Gasteiger partial charge in [0.05, 0.1) is 16.2 Å². The molecule has 0 aliphatic carbocycles. The van der Waals surface area contributed by atoms with Crippen LogP contribution in [0.2, 0.25) is 0 Å². The molecule has 150 valence electrons. The zero-order valence-electron chi connectivity index (χ0n) is 15.8. The first-order valence-corrected chi connectivity index (χ1v) is 10.7. The van der Waals surface area contributed by atoms with E-state index in [9.17, 15) is 14.7 Å². The lowest BCUT2D eigenvalue weighted by molar-refractivity contribution is 0.0690. The topological polar surface area (TPSA) is 74.6 Å². The number of nitrogens with one attached hydrogen (secondary N) is 1. The largest absolute Gasteiger partial charge is 0.477 e. The molecule has 8 heteroatoms. The summed E-state index contributed by atoms with van der Waals surface area (Å²) in [7, 11) is 0. The van der Waals surface area contributed by atoms with Crippen LogP contribution in [0.4, 0.5) is 10.1 Å². The monoisotopic (exact) mass is 405 g/mol. The second kappa shape index (κ2) is 7.75.